The Bertz CT molecular complexity index is 463. The van der Waals surface area contributed by atoms with Gasteiger partial charge in [0.2, 0.25) is 0 Å². The Labute approximate surface area is 120 Å². The van der Waals surface area contributed by atoms with Gasteiger partial charge < -0.3 is 10.1 Å². The van der Waals surface area contributed by atoms with Crippen LogP contribution in [0.15, 0.2) is 24.3 Å². The summed E-state index contributed by atoms with van der Waals surface area (Å²) in [5.41, 5.74) is 1.91. The molecule has 1 N–H and O–H groups in total. The van der Waals surface area contributed by atoms with Crippen molar-refractivity contribution in [2.24, 2.45) is 5.92 Å². The minimum atomic E-state index is -0.797. The molecule has 1 atom stereocenters. The third-order valence-corrected chi connectivity index (χ3v) is 2.98. The van der Waals surface area contributed by atoms with Crippen molar-refractivity contribution in [2.45, 2.75) is 46.6 Å². The number of anilines is 1. The van der Waals surface area contributed by atoms with Gasteiger partial charge in [0.15, 0.2) is 6.10 Å². The van der Waals surface area contributed by atoms with E-state index in [4.69, 9.17) is 4.74 Å². The lowest BCUT2D eigenvalue weighted by Crippen LogP contribution is -2.31. The first-order chi connectivity index (χ1) is 9.31. The molecular formula is C16H23NO3. The van der Waals surface area contributed by atoms with Gasteiger partial charge in [-0.3, -0.25) is 9.59 Å². The highest BCUT2D eigenvalue weighted by atomic mass is 16.5. The summed E-state index contributed by atoms with van der Waals surface area (Å²) < 4.78 is 5.06. The van der Waals surface area contributed by atoms with Crippen LogP contribution in [-0.2, 0) is 14.3 Å². The summed E-state index contributed by atoms with van der Waals surface area (Å²) in [5.74, 6) is -0.486. The molecule has 0 spiro atoms. The molecule has 0 saturated carbocycles. The van der Waals surface area contributed by atoms with Gasteiger partial charge in [-0.05, 0) is 30.5 Å². The highest BCUT2D eigenvalue weighted by Gasteiger charge is 2.19. The molecule has 110 valence electrons. The molecule has 1 amide bonds. The molecule has 0 aliphatic rings. The molecule has 4 heteroatoms. The molecule has 1 aromatic rings. The summed E-state index contributed by atoms with van der Waals surface area (Å²) in [6.45, 7) is 9.26. The topological polar surface area (TPSA) is 55.4 Å². The number of nitrogens with one attached hydrogen (secondary N) is 1. The average Bonchev–Trinajstić information content (AvgIpc) is 2.38. The second-order valence-corrected chi connectivity index (χ2v) is 5.50. The van der Waals surface area contributed by atoms with Crippen LogP contribution >= 0.6 is 0 Å². The van der Waals surface area contributed by atoms with Crippen LogP contribution < -0.4 is 5.32 Å². The van der Waals surface area contributed by atoms with E-state index in [1.165, 1.54) is 5.56 Å². The van der Waals surface area contributed by atoms with Crippen LogP contribution in [0.1, 0.15) is 46.1 Å². The normalized spacial score (nSPS) is 12.3. The largest absolute Gasteiger partial charge is 0.452 e. The van der Waals surface area contributed by atoms with Gasteiger partial charge in [0.05, 0.1) is 5.92 Å². The van der Waals surface area contributed by atoms with Crippen LogP contribution in [-0.4, -0.2) is 18.0 Å². The number of carbonyl (C=O) groups excluding carboxylic acids is 2. The number of esters is 1. The van der Waals surface area contributed by atoms with Crippen LogP contribution in [0.5, 0.6) is 0 Å². The highest BCUT2D eigenvalue weighted by molar-refractivity contribution is 5.95. The number of rotatable bonds is 5. The Morgan fingerprint density at radius 3 is 2.00 bits per heavy atom. The molecule has 20 heavy (non-hydrogen) atoms. The summed E-state index contributed by atoms with van der Waals surface area (Å²) >= 11 is 0. The predicted octanol–water partition coefficient (Wildman–Crippen LogP) is 3.34. The Kier molecular flexibility index (Phi) is 5.74. The molecule has 0 aromatic heterocycles. The van der Waals surface area contributed by atoms with Crippen molar-refractivity contribution >= 4 is 17.6 Å². The van der Waals surface area contributed by atoms with Gasteiger partial charge in [-0.1, -0.05) is 39.8 Å². The monoisotopic (exact) mass is 277 g/mol. The SMILES string of the molecule is CC(C)C(=O)O[C@@H](C)C(=O)Nc1ccc(C(C)C)cc1. The van der Waals surface area contributed by atoms with Crippen LogP contribution in [0.4, 0.5) is 5.69 Å². The lowest BCUT2D eigenvalue weighted by molar-refractivity contribution is -0.156. The number of ether oxygens (including phenoxy) is 1. The van der Waals surface area contributed by atoms with Gasteiger partial charge in [0, 0.05) is 5.69 Å². The summed E-state index contributed by atoms with van der Waals surface area (Å²) in [5, 5.41) is 2.74. The standard InChI is InChI=1S/C16H23NO3/c1-10(2)13-6-8-14(9-7-13)17-15(18)12(5)20-16(19)11(3)4/h6-12H,1-5H3,(H,17,18)/t12-/m0/s1. The molecule has 4 nitrogen and oxygen atoms in total. The van der Waals surface area contributed by atoms with Crippen molar-refractivity contribution < 1.29 is 14.3 Å². The van der Waals surface area contributed by atoms with Crippen LogP contribution in [0.3, 0.4) is 0 Å². The van der Waals surface area contributed by atoms with E-state index in [1.54, 1.807) is 20.8 Å². The number of amides is 1. The number of hydrogen-bond donors (Lipinski definition) is 1. The molecule has 0 heterocycles. The highest BCUT2D eigenvalue weighted by Crippen LogP contribution is 2.17. The minimum absolute atomic E-state index is 0.240. The zero-order chi connectivity index (χ0) is 15.3. The Morgan fingerprint density at radius 1 is 1.00 bits per heavy atom. The van der Waals surface area contributed by atoms with E-state index in [1.807, 2.05) is 24.3 Å². The van der Waals surface area contributed by atoms with Crippen molar-refractivity contribution in [3.8, 4) is 0 Å². The van der Waals surface area contributed by atoms with Crippen molar-refractivity contribution in [1.82, 2.24) is 0 Å². The molecule has 1 aromatic carbocycles. The van der Waals surface area contributed by atoms with E-state index in [0.29, 0.717) is 11.6 Å². The second-order valence-electron chi connectivity index (χ2n) is 5.50. The van der Waals surface area contributed by atoms with Crippen molar-refractivity contribution in [2.75, 3.05) is 5.32 Å². The number of benzene rings is 1. The van der Waals surface area contributed by atoms with Crippen molar-refractivity contribution in [3.63, 3.8) is 0 Å². The molecule has 0 saturated heterocycles. The van der Waals surface area contributed by atoms with Crippen LogP contribution in [0.2, 0.25) is 0 Å². The minimum Gasteiger partial charge on any atom is -0.452 e. The molecule has 0 bridgehead atoms. The molecule has 1 rings (SSSR count). The van der Waals surface area contributed by atoms with E-state index in [9.17, 15) is 9.59 Å². The number of hydrogen-bond acceptors (Lipinski definition) is 3. The molecule has 0 aliphatic heterocycles. The number of carbonyl (C=O) groups is 2. The Hall–Kier alpha value is -1.84. The first-order valence-electron chi connectivity index (χ1n) is 6.92. The first-order valence-corrected chi connectivity index (χ1v) is 6.92. The van der Waals surface area contributed by atoms with Gasteiger partial charge in [0.1, 0.15) is 0 Å². The molecular weight excluding hydrogens is 254 g/mol. The lowest BCUT2D eigenvalue weighted by atomic mass is 10.0. The maximum absolute atomic E-state index is 11.9. The van der Waals surface area contributed by atoms with Gasteiger partial charge >= 0.3 is 5.97 Å². The van der Waals surface area contributed by atoms with Crippen molar-refractivity contribution in [1.29, 1.82) is 0 Å². The smallest absolute Gasteiger partial charge is 0.309 e. The van der Waals surface area contributed by atoms with E-state index >= 15 is 0 Å². The average molecular weight is 277 g/mol. The second kappa shape index (κ2) is 7.08. The fourth-order valence-electron chi connectivity index (χ4n) is 1.56. The molecule has 0 aliphatic carbocycles. The predicted molar refractivity (Wildman–Crippen MR) is 79.6 cm³/mol. The van der Waals surface area contributed by atoms with Gasteiger partial charge in [-0.2, -0.15) is 0 Å². The first kappa shape index (κ1) is 16.2. The van der Waals surface area contributed by atoms with Crippen molar-refractivity contribution in [3.05, 3.63) is 29.8 Å². The van der Waals surface area contributed by atoms with E-state index in [0.717, 1.165) is 0 Å². The third kappa shape index (κ3) is 4.68. The van der Waals surface area contributed by atoms with E-state index in [-0.39, 0.29) is 17.8 Å². The fourth-order valence-corrected chi connectivity index (χ4v) is 1.56. The zero-order valence-electron chi connectivity index (χ0n) is 12.8. The maximum atomic E-state index is 11.9. The van der Waals surface area contributed by atoms with Gasteiger partial charge in [-0.25, -0.2) is 0 Å². The maximum Gasteiger partial charge on any atom is 0.309 e. The van der Waals surface area contributed by atoms with Gasteiger partial charge in [-0.15, -0.1) is 0 Å². The van der Waals surface area contributed by atoms with Gasteiger partial charge in [0.25, 0.3) is 5.91 Å². The summed E-state index contributed by atoms with van der Waals surface area (Å²) in [7, 11) is 0. The Balaban J connectivity index is 2.59. The zero-order valence-corrected chi connectivity index (χ0v) is 12.8. The van der Waals surface area contributed by atoms with E-state index < -0.39 is 6.10 Å². The molecule has 0 fully saturated rings. The van der Waals surface area contributed by atoms with E-state index in [2.05, 4.69) is 19.2 Å². The third-order valence-electron chi connectivity index (χ3n) is 2.98. The fraction of sp³-hybridized carbons (Fsp3) is 0.500. The summed E-state index contributed by atoms with van der Waals surface area (Å²) in [6, 6.07) is 7.66. The molecule has 0 unspecified atom stereocenters. The summed E-state index contributed by atoms with van der Waals surface area (Å²) in [6.07, 6.45) is -0.797. The Morgan fingerprint density at radius 2 is 1.55 bits per heavy atom. The molecule has 0 radical (unpaired) electrons. The lowest BCUT2D eigenvalue weighted by Gasteiger charge is -2.15. The summed E-state index contributed by atoms with van der Waals surface area (Å²) in [4.78, 5) is 23.3. The van der Waals surface area contributed by atoms with Crippen LogP contribution in [0.25, 0.3) is 0 Å². The quantitative estimate of drug-likeness (QED) is 0.840. The van der Waals surface area contributed by atoms with Crippen LogP contribution in [0, 0.1) is 5.92 Å².